The maximum Gasteiger partial charge on any atom is 0.259 e. The highest BCUT2D eigenvalue weighted by Gasteiger charge is 2.05. The van der Waals surface area contributed by atoms with E-state index < -0.39 is 0 Å². The molecule has 0 aliphatic carbocycles. The minimum absolute atomic E-state index is 0.108. The Balaban J connectivity index is 1.88. The van der Waals surface area contributed by atoms with E-state index >= 15 is 0 Å². The highest BCUT2D eigenvalue weighted by Crippen LogP contribution is 2.20. The van der Waals surface area contributed by atoms with Crippen LogP contribution in [0, 0.1) is 0 Å². The zero-order valence-corrected chi connectivity index (χ0v) is 14.9. The lowest BCUT2D eigenvalue weighted by Gasteiger charge is -2.09. The Morgan fingerprint density at radius 3 is 2.67 bits per heavy atom. The molecule has 0 saturated carbocycles. The largest absolute Gasteiger partial charge is 0.376 e. The summed E-state index contributed by atoms with van der Waals surface area (Å²) in [6, 6.07) is 7.96. The SMILES string of the molecule is CC(C)c1cccc(NCC(=O)N/N=C/c2c(Cl)cncc2Cl)c1. The van der Waals surface area contributed by atoms with E-state index in [0.29, 0.717) is 21.5 Å². The van der Waals surface area contributed by atoms with Gasteiger partial charge in [0, 0.05) is 23.6 Å². The van der Waals surface area contributed by atoms with E-state index in [1.807, 2.05) is 18.2 Å². The molecule has 0 aliphatic heterocycles. The predicted octanol–water partition coefficient (Wildman–Crippen LogP) is 4.07. The van der Waals surface area contributed by atoms with Crippen molar-refractivity contribution in [1.82, 2.24) is 10.4 Å². The first-order valence-corrected chi connectivity index (χ1v) is 8.17. The molecule has 0 unspecified atom stereocenters. The number of benzene rings is 1. The van der Waals surface area contributed by atoms with Gasteiger partial charge in [0.25, 0.3) is 5.91 Å². The van der Waals surface area contributed by atoms with Gasteiger partial charge >= 0.3 is 0 Å². The smallest absolute Gasteiger partial charge is 0.259 e. The van der Waals surface area contributed by atoms with Crippen molar-refractivity contribution in [2.24, 2.45) is 5.10 Å². The second kappa shape index (κ2) is 8.66. The lowest BCUT2D eigenvalue weighted by Crippen LogP contribution is -2.25. The van der Waals surface area contributed by atoms with Gasteiger partial charge in [-0.1, -0.05) is 49.2 Å². The summed E-state index contributed by atoms with van der Waals surface area (Å²) < 4.78 is 0. The summed E-state index contributed by atoms with van der Waals surface area (Å²) in [5.74, 6) is 0.155. The van der Waals surface area contributed by atoms with Crippen LogP contribution >= 0.6 is 23.2 Å². The molecule has 5 nitrogen and oxygen atoms in total. The third-order valence-corrected chi connectivity index (χ3v) is 3.88. The number of amides is 1. The molecular formula is C17H18Cl2N4O. The van der Waals surface area contributed by atoms with E-state index in [9.17, 15) is 4.79 Å². The third kappa shape index (κ3) is 5.22. The molecule has 0 atom stereocenters. The zero-order chi connectivity index (χ0) is 17.5. The number of pyridine rings is 1. The van der Waals surface area contributed by atoms with Crippen LogP contribution in [0.1, 0.15) is 30.9 Å². The number of rotatable bonds is 6. The summed E-state index contributed by atoms with van der Waals surface area (Å²) >= 11 is 11.9. The molecule has 2 aromatic rings. The van der Waals surface area contributed by atoms with E-state index in [2.05, 4.69) is 40.7 Å². The van der Waals surface area contributed by atoms with Gasteiger partial charge in [-0.2, -0.15) is 5.10 Å². The monoisotopic (exact) mass is 364 g/mol. The van der Waals surface area contributed by atoms with E-state index in [1.54, 1.807) is 0 Å². The normalized spacial score (nSPS) is 11.0. The third-order valence-electron chi connectivity index (χ3n) is 3.28. The first-order valence-electron chi connectivity index (χ1n) is 7.42. The average molecular weight is 365 g/mol. The van der Waals surface area contributed by atoms with Crippen molar-refractivity contribution in [3.8, 4) is 0 Å². The molecule has 1 amide bonds. The second-order valence-electron chi connectivity index (χ2n) is 5.44. The van der Waals surface area contributed by atoms with Gasteiger partial charge in [-0.3, -0.25) is 9.78 Å². The molecule has 2 rings (SSSR count). The Bertz CT molecular complexity index is 727. The maximum absolute atomic E-state index is 11.8. The molecule has 0 spiro atoms. The zero-order valence-electron chi connectivity index (χ0n) is 13.4. The van der Waals surface area contributed by atoms with E-state index in [1.165, 1.54) is 24.2 Å². The molecule has 1 aromatic carbocycles. The summed E-state index contributed by atoms with van der Waals surface area (Å²) in [7, 11) is 0. The van der Waals surface area contributed by atoms with Gasteiger partial charge in [0.05, 0.1) is 22.8 Å². The number of hydrogen-bond acceptors (Lipinski definition) is 4. The van der Waals surface area contributed by atoms with E-state index in [0.717, 1.165) is 5.69 Å². The molecular weight excluding hydrogens is 347 g/mol. The van der Waals surface area contributed by atoms with Crippen molar-refractivity contribution in [3.63, 3.8) is 0 Å². The number of hydrogen-bond donors (Lipinski definition) is 2. The fraction of sp³-hybridized carbons (Fsp3) is 0.235. The van der Waals surface area contributed by atoms with Crippen molar-refractivity contribution >= 4 is 41.0 Å². The highest BCUT2D eigenvalue weighted by atomic mass is 35.5. The standard InChI is InChI=1S/C17H18Cl2N4O/c1-11(2)12-4-3-5-13(6-12)21-10-17(24)23-22-7-14-15(18)8-20-9-16(14)19/h3-9,11,21H,10H2,1-2H3,(H,23,24)/b22-7+. The number of nitrogens with zero attached hydrogens (tertiary/aromatic N) is 2. The van der Waals surface area contributed by atoms with Crippen molar-refractivity contribution in [1.29, 1.82) is 0 Å². The molecule has 7 heteroatoms. The highest BCUT2D eigenvalue weighted by molar-refractivity contribution is 6.38. The maximum atomic E-state index is 11.8. The van der Waals surface area contributed by atoms with Crippen molar-refractivity contribution in [3.05, 3.63) is 57.8 Å². The summed E-state index contributed by atoms with van der Waals surface area (Å²) in [6.07, 6.45) is 4.31. The fourth-order valence-corrected chi connectivity index (χ4v) is 2.41. The molecule has 24 heavy (non-hydrogen) atoms. The number of halogens is 2. The lowest BCUT2D eigenvalue weighted by molar-refractivity contribution is -0.119. The molecule has 0 fully saturated rings. The van der Waals surface area contributed by atoms with Gasteiger partial charge in [-0.05, 0) is 23.6 Å². The first kappa shape index (κ1) is 18.2. The van der Waals surface area contributed by atoms with Gasteiger partial charge in [-0.25, -0.2) is 5.43 Å². The van der Waals surface area contributed by atoms with Crippen LogP contribution < -0.4 is 10.7 Å². The Hall–Kier alpha value is -2.11. The van der Waals surface area contributed by atoms with Crippen LogP contribution in [0.25, 0.3) is 0 Å². The van der Waals surface area contributed by atoms with Crippen LogP contribution in [-0.4, -0.2) is 23.7 Å². The van der Waals surface area contributed by atoms with Gasteiger partial charge in [0.1, 0.15) is 0 Å². The molecule has 2 N–H and O–H groups in total. The van der Waals surface area contributed by atoms with Gasteiger partial charge in [0.15, 0.2) is 0 Å². The molecule has 0 bridgehead atoms. The van der Waals surface area contributed by atoms with Crippen LogP contribution in [0.4, 0.5) is 5.69 Å². The van der Waals surface area contributed by atoms with Crippen LogP contribution in [0.3, 0.4) is 0 Å². The van der Waals surface area contributed by atoms with E-state index in [4.69, 9.17) is 23.2 Å². The topological polar surface area (TPSA) is 66.4 Å². The Kier molecular flexibility index (Phi) is 6.58. The number of hydrazone groups is 1. The average Bonchev–Trinajstić information content (AvgIpc) is 2.56. The van der Waals surface area contributed by atoms with Crippen LogP contribution in [-0.2, 0) is 4.79 Å². The predicted molar refractivity (Wildman–Crippen MR) is 99.0 cm³/mol. The number of nitrogens with one attached hydrogen (secondary N) is 2. The Morgan fingerprint density at radius 1 is 1.29 bits per heavy atom. The Labute approximate surface area is 151 Å². The summed E-state index contributed by atoms with van der Waals surface area (Å²) in [5.41, 5.74) is 5.03. The van der Waals surface area contributed by atoms with Crippen molar-refractivity contribution < 1.29 is 4.79 Å². The molecule has 0 radical (unpaired) electrons. The summed E-state index contributed by atoms with van der Waals surface area (Å²) in [6.45, 7) is 4.35. The van der Waals surface area contributed by atoms with Gasteiger partial charge in [0.2, 0.25) is 0 Å². The van der Waals surface area contributed by atoms with Crippen LogP contribution in [0.2, 0.25) is 10.0 Å². The Morgan fingerprint density at radius 2 is 2.00 bits per heavy atom. The molecule has 126 valence electrons. The molecule has 0 aliphatic rings. The second-order valence-corrected chi connectivity index (χ2v) is 6.26. The summed E-state index contributed by atoms with van der Waals surface area (Å²) in [5, 5.41) is 7.65. The van der Waals surface area contributed by atoms with Gasteiger partial charge < -0.3 is 5.32 Å². The lowest BCUT2D eigenvalue weighted by atomic mass is 10.0. The van der Waals surface area contributed by atoms with Crippen molar-refractivity contribution in [2.75, 3.05) is 11.9 Å². The molecule has 1 aromatic heterocycles. The molecule has 0 saturated heterocycles. The van der Waals surface area contributed by atoms with Crippen LogP contribution in [0.5, 0.6) is 0 Å². The van der Waals surface area contributed by atoms with E-state index in [-0.39, 0.29) is 12.5 Å². The number of anilines is 1. The fourth-order valence-electron chi connectivity index (χ4n) is 1.94. The number of carbonyl (C=O) groups is 1. The minimum Gasteiger partial charge on any atom is -0.376 e. The summed E-state index contributed by atoms with van der Waals surface area (Å²) in [4.78, 5) is 15.7. The van der Waals surface area contributed by atoms with Gasteiger partial charge in [-0.15, -0.1) is 0 Å². The number of carbonyl (C=O) groups excluding carboxylic acids is 1. The van der Waals surface area contributed by atoms with Crippen LogP contribution in [0.15, 0.2) is 41.8 Å². The minimum atomic E-state index is -0.275. The number of aromatic nitrogens is 1. The quantitative estimate of drug-likeness (QED) is 0.599. The molecule has 1 heterocycles. The van der Waals surface area contributed by atoms with Crippen molar-refractivity contribution in [2.45, 2.75) is 19.8 Å². The first-order chi connectivity index (χ1) is 11.5.